The van der Waals surface area contributed by atoms with Crippen LogP contribution in [-0.2, 0) is 4.79 Å². The van der Waals surface area contributed by atoms with Gasteiger partial charge in [0.25, 0.3) is 5.91 Å². The van der Waals surface area contributed by atoms with Gasteiger partial charge < -0.3 is 14.8 Å². The number of nitriles is 1. The fourth-order valence-electron chi connectivity index (χ4n) is 2.79. The molecule has 0 unspecified atom stereocenters. The number of carbonyl (C=O) groups excluding carboxylic acids is 1. The maximum absolute atomic E-state index is 12.5. The zero-order valence-electron chi connectivity index (χ0n) is 17.4. The molecule has 6 heteroatoms. The van der Waals surface area contributed by atoms with E-state index in [0.717, 1.165) is 12.8 Å². The van der Waals surface area contributed by atoms with Crippen molar-refractivity contribution in [2.75, 3.05) is 18.5 Å². The number of halogens is 1. The highest BCUT2D eigenvalue weighted by molar-refractivity contribution is 6.31. The molecule has 2 rings (SSSR count). The summed E-state index contributed by atoms with van der Waals surface area (Å²) < 4.78 is 11.5. The number of rotatable bonds is 11. The molecule has 0 saturated heterocycles. The fraction of sp³-hybridized carbons (Fsp3) is 0.333. The Morgan fingerprint density at radius 1 is 1.10 bits per heavy atom. The van der Waals surface area contributed by atoms with Gasteiger partial charge in [-0.05, 0) is 55.3 Å². The molecule has 0 aliphatic heterocycles. The lowest BCUT2D eigenvalue weighted by atomic mass is 10.1. The van der Waals surface area contributed by atoms with E-state index in [9.17, 15) is 10.1 Å². The van der Waals surface area contributed by atoms with E-state index in [-0.39, 0.29) is 5.57 Å². The number of hydrogen-bond acceptors (Lipinski definition) is 4. The quantitative estimate of drug-likeness (QED) is 0.262. The van der Waals surface area contributed by atoms with Crippen molar-refractivity contribution in [3.8, 4) is 17.6 Å². The molecular weight excluding hydrogens is 400 g/mol. The minimum Gasteiger partial charge on any atom is -0.490 e. The van der Waals surface area contributed by atoms with Gasteiger partial charge in [0.05, 0.1) is 13.2 Å². The van der Waals surface area contributed by atoms with Crippen LogP contribution < -0.4 is 14.8 Å². The van der Waals surface area contributed by atoms with E-state index >= 15 is 0 Å². The van der Waals surface area contributed by atoms with Gasteiger partial charge in [-0.2, -0.15) is 5.26 Å². The number of amides is 1. The Kier molecular flexibility index (Phi) is 9.76. The maximum Gasteiger partial charge on any atom is 0.266 e. The van der Waals surface area contributed by atoms with E-state index < -0.39 is 5.91 Å². The van der Waals surface area contributed by atoms with Crippen molar-refractivity contribution >= 4 is 29.3 Å². The number of anilines is 1. The van der Waals surface area contributed by atoms with Gasteiger partial charge >= 0.3 is 0 Å². The normalized spacial score (nSPS) is 10.9. The van der Waals surface area contributed by atoms with Gasteiger partial charge in [0.15, 0.2) is 11.5 Å². The molecule has 0 bridgehead atoms. The van der Waals surface area contributed by atoms with Crippen LogP contribution in [0.25, 0.3) is 6.08 Å². The number of nitrogens with zero attached hydrogens (tertiary/aromatic N) is 1. The number of nitrogens with one attached hydrogen (secondary N) is 1. The standard InChI is InChI=1S/C24H27ClN2O3/c1-3-5-6-7-13-30-22-12-11-18(15-23(22)29-4-2)14-19(17-26)24(28)27-21-10-8-9-20(25)16-21/h8-12,14-16H,3-7,13H2,1-2H3,(H,27,28). The van der Waals surface area contributed by atoms with Crippen LogP contribution in [0.15, 0.2) is 48.0 Å². The van der Waals surface area contributed by atoms with E-state index in [2.05, 4.69) is 12.2 Å². The second-order valence-corrected chi connectivity index (χ2v) is 7.12. The average Bonchev–Trinajstić information content (AvgIpc) is 2.73. The van der Waals surface area contributed by atoms with Gasteiger partial charge in [-0.3, -0.25) is 4.79 Å². The molecule has 0 heterocycles. The monoisotopic (exact) mass is 426 g/mol. The first-order valence-electron chi connectivity index (χ1n) is 10.2. The Morgan fingerprint density at radius 2 is 1.93 bits per heavy atom. The molecule has 0 aliphatic carbocycles. The molecule has 30 heavy (non-hydrogen) atoms. The highest BCUT2D eigenvalue weighted by Gasteiger charge is 2.12. The number of hydrogen-bond donors (Lipinski definition) is 1. The number of unbranched alkanes of at least 4 members (excludes halogenated alkanes) is 3. The molecule has 2 aromatic rings. The molecular formula is C24H27ClN2O3. The summed E-state index contributed by atoms with van der Waals surface area (Å²) in [5.41, 5.74) is 1.18. The smallest absolute Gasteiger partial charge is 0.266 e. The van der Waals surface area contributed by atoms with Crippen LogP contribution in [0.2, 0.25) is 5.02 Å². The van der Waals surface area contributed by atoms with Crippen molar-refractivity contribution in [1.82, 2.24) is 0 Å². The van der Waals surface area contributed by atoms with Crippen LogP contribution in [0.1, 0.15) is 45.1 Å². The van der Waals surface area contributed by atoms with Crippen LogP contribution >= 0.6 is 11.6 Å². The molecule has 0 aromatic heterocycles. The van der Waals surface area contributed by atoms with Crippen molar-refractivity contribution < 1.29 is 14.3 Å². The summed E-state index contributed by atoms with van der Waals surface area (Å²) in [6, 6.07) is 14.1. The second-order valence-electron chi connectivity index (χ2n) is 6.68. The summed E-state index contributed by atoms with van der Waals surface area (Å²) in [5, 5.41) is 12.6. The van der Waals surface area contributed by atoms with E-state index in [1.54, 1.807) is 42.5 Å². The predicted octanol–water partition coefficient (Wildman–Crippen LogP) is 6.24. The molecule has 2 aromatic carbocycles. The fourth-order valence-corrected chi connectivity index (χ4v) is 2.98. The first kappa shape index (κ1) is 23.3. The number of carbonyl (C=O) groups is 1. The second kappa shape index (κ2) is 12.6. The average molecular weight is 427 g/mol. The van der Waals surface area contributed by atoms with Crippen molar-refractivity contribution in [3.63, 3.8) is 0 Å². The molecule has 0 spiro atoms. The van der Waals surface area contributed by atoms with Crippen LogP contribution in [0.5, 0.6) is 11.5 Å². The Labute approximate surface area is 183 Å². The first-order valence-corrected chi connectivity index (χ1v) is 10.5. The highest BCUT2D eigenvalue weighted by Crippen LogP contribution is 2.30. The molecule has 0 fully saturated rings. The Bertz CT molecular complexity index is 919. The highest BCUT2D eigenvalue weighted by atomic mass is 35.5. The minimum atomic E-state index is -0.506. The lowest BCUT2D eigenvalue weighted by Gasteiger charge is -2.13. The summed E-state index contributed by atoms with van der Waals surface area (Å²) in [7, 11) is 0. The van der Waals surface area contributed by atoms with Gasteiger partial charge in [0.1, 0.15) is 11.6 Å². The van der Waals surface area contributed by atoms with Gasteiger partial charge in [0.2, 0.25) is 0 Å². The summed E-state index contributed by atoms with van der Waals surface area (Å²) in [6.07, 6.45) is 6.02. The lowest BCUT2D eigenvalue weighted by molar-refractivity contribution is -0.112. The van der Waals surface area contributed by atoms with Crippen LogP contribution in [0, 0.1) is 11.3 Å². The summed E-state index contributed by atoms with van der Waals surface area (Å²) >= 11 is 5.94. The molecule has 1 N–H and O–H groups in total. The van der Waals surface area contributed by atoms with Crippen molar-refractivity contribution in [3.05, 3.63) is 58.6 Å². The SMILES string of the molecule is CCCCCCOc1ccc(C=C(C#N)C(=O)Nc2cccc(Cl)c2)cc1OCC. The van der Waals surface area contributed by atoms with Crippen molar-refractivity contribution in [1.29, 1.82) is 5.26 Å². The third kappa shape index (κ3) is 7.46. The maximum atomic E-state index is 12.5. The Balaban J connectivity index is 2.13. The molecule has 1 amide bonds. The van der Waals surface area contributed by atoms with E-state index in [0.29, 0.717) is 41.0 Å². The van der Waals surface area contributed by atoms with E-state index in [1.165, 1.54) is 18.9 Å². The first-order chi connectivity index (χ1) is 14.6. The Morgan fingerprint density at radius 3 is 2.63 bits per heavy atom. The lowest BCUT2D eigenvalue weighted by Crippen LogP contribution is -2.13. The molecule has 158 valence electrons. The van der Waals surface area contributed by atoms with Gasteiger partial charge in [-0.15, -0.1) is 0 Å². The summed E-state index contributed by atoms with van der Waals surface area (Å²) in [6.45, 7) is 5.18. The van der Waals surface area contributed by atoms with E-state index in [4.69, 9.17) is 21.1 Å². The van der Waals surface area contributed by atoms with Crippen LogP contribution in [-0.4, -0.2) is 19.1 Å². The van der Waals surface area contributed by atoms with Gasteiger partial charge in [0, 0.05) is 10.7 Å². The topological polar surface area (TPSA) is 71.3 Å². The largest absolute Gasteiger partial charge is 0.490 e. The zero-order chi connectivity index (χ0) is 21.8. The molecule has 0 aliphatic rings. The Hall–Kier alpha value is -2.97. The van der Waals surface area contributed by atoms with Crippen LogP contribution in [0.4, 0.5) is 5.69 Å². The molecule has 0 saturated carbocycles. The van der Waals surface area contributed by atoms with Crippen molar-refractivity contribution in [2.45, 2.75) is 39.5 Å². The van der Waals surface area contributed by atoms with Gasteiger partial charge in [-0.25, -0.2) is 0 Å². The number of ether oxygens (including phenoxy) is 2. The summed E-state index contributed by atoms with van der Waals surface area (Å²) in [5.74, 6) is 0.746. The predicted molar refractivity (Wildman–Crippen MR) is 121 cm³/mol. The number of benzene rings is 2. The minimum absolute atomic E-state index is 0.0225. The summed E-state index contributed by atoms with van der Waals surface area (Å²) in [4.78, 5) is 12.5. The van der Waals surface area contributed by atoms with Gasteiger partial charge in [-0.1, -0.05) is 49.9 Å². The third-order valence-corrected chi connectivity index (χ3v) is 4.52. The van der Waals surface area contributed by atoms with Crippen molar-refractivity contribution in [2.24, 2.45) is 0 Å². The third-order valence-electron chi connectivity index (χ3n) is 4.28. The zero-order valence-corrected chi connectivity index (χ0v) is 18.2. The molecule has 0 atom stereocenters. The molecule has 5 nitrogen and oxygen atoms in total. The van der Waals surface area contributed by atoms with E-state index in [1.807, 2.05) is 13.0 Å². The van der Waals surface area contributed by atoms with Crippen LogP contribution in [0.3, 0.4) is 0 Å². The molecule has 0 radical (unpaired) electrons.